The molecule has 0 aromatic rings. The van der Waals surface area contributed by atoms with Crippen LogP contribution in [0.1, 0.15) is 98.8 Å². The highest BCUT2D eigenvalue weighted by Crippen LogP contribution is 2.68. The molecule has 0 spiro atoms. The van der Waals surface area contributed by atoms with Crippen LogP contribution in [0.15, 0.2) is 11.6 Å². The van der Waals surface area contributed by atoms with Gasteiger partial charge in [-0.2, -0.15) is 13.2 Å². The van der Waals surface area contributed by atoms with Gasteiger partial charge < -0.3 is 4.74 Å². The summed E-state index contributed by atoms with van der Waals surface area (Å²) in [5.74, 6) is 2.93. The summed E-state index contributed by atoms with van der Waals surface area (Å²) < 4.78 is 51.5. The normalized spacial score (nSPS) is 44.9. The first kappa shape index (κ1) is 27.2. The molecule has 0 heterocycles. The summed E-state index contributed by atoms with van der Waals surface area (Å²) in [5.41, 5.74) is 0.0774. The molecule has 9 atom stereocenters. The maximum Gasteiger partial charge on any atom is 0.418 e. The number of alkyl halides is 3. The van der Waals surface area contributed by atoms with E-state index in [9.17, 15) is 13.2 Å². The molecule has 3 saturated carbocycles. The highest BCUT2D eigenvalue weighted by atomic mass is 127. The second-order valence-electron chi connectivity index (χ2n) is 13.1. The van der Waals surface area contributed by atoms with Crippen LogP contribution in [0.2, 0.25) is 0 Å². The minimum Gasteiger partial charge on any atom is -0.378 e. The average Bonchev–Trinajstić information content (AvgIpc) is 3.14. The summed E-state index contributed by atoms with van der Waals surface area (Å²) in [6.45, 7) is 10.6. The Bertz CT molecular complexity index is 799. The molecule has 0 N–H and O–H groups in total. The Morgan fingerprint density at radius 2 is 1.79 bits per heavy atom. The zero-order chi connectivity index (χ0) is 25.2. The molecule has 3 fully saturated rings. The summed E-state index contributed by atoms with van der Waals surface area (Å²) in [6.07, 6.45) is 8.26. The summed E-state index contributed by atoms with van der Waals surface area (Å²) in [7, 11) is 1.85. The van der Waals surface area contributed by atoms with Crippen molar-refractivity contribution < 1.29 is 21.0 Å². The lowest BCUT2D eigenvalue weighted by molar-refractivity contribution is -0.234. The van der Waals surface area contributed by atoms with Gasteiger partial charge in [-0.1, -0.05) is 32.4 Å². The highest BCUT2D eigenvalue weighted by molar-refractivity contribution is 14.1. The van der Waals surface area contributed by atoms with E-state index in [2.05, 4.69) is 33.8 Å². The molecule has 2 nitrogen and oxygen atoms in total. The van der Waals surface area contributed by atoms with E-state index in [1.807, 2.05) is 7.11 Å². The smallest absolute Gasteiger partial charge is 0.378 e. The van der Waals surface area contributed by atoms with Gasteiger partial charge in [0.2, 0.25) is 0 Å². The van der Waals surface area contributed by atoms with Crippen molar-refractivity contribution in [2.45, 2.75) is 116 Å². The van der Waals surface area contributed by atoms with Crippen LogP contribution in [-0.2, 0) is 7.80 Å². The number of rotatable bonds is 6. The van der Waals surface area contributed by atoms with E-state index in [4.69, 9.17) is 7.80 Å². The largest absolute Gasteiger partial charge is 0.418 e. The lowest BCUT2D eigenvalue weighted by Crippen LogP contribution is -2.52. The molecule has 6 heteroatoms. The van der Waals surface area contributed by atoms with Gasteiger partial charge >= 0.3 is 6.18 Å². The Morgan fingerprint density at radius 1 is 1.09 bits per heavy atom. The van der Waals surface area contributed by atoms with Crippen molar-refractivity contribution in [1.29, 1.82) is 0 Å². The third-order valence-electron chi connectivity index (χ3n) is 11.5. The van der Waals surface area contributed by atoms with Gasteiger partial charge in [-0.15, -0.1) is 0 Å². The molecule has 34 heavy (non-hydrogen) atoms. The molecule has 0 saturated heterocycles. The Kier molecular flexibility index (Phi) is 7.35. The molecular formula is C28H44F3IO2. The minimum absolute atomic E-state index is 0.0260. The monoisotopic (exact) mass is 596 g/mol. The molecule has 196 valence electrons. The lowest BCUT2D eigenvalue weighted by atomic mass is 9.46. The van der Waals surface area contributed by atoms with Gasteiger partial charge in [0.05, 0.1) is 5.60 Å². The van der Waals surface area contributed by atoms with Crippen molar-refractivity contribution in [2.24, 2.45) is 40.4 Å². The number of allylic oxidation sites excluding steroid dienone is 1. The first-order valence-corrected chi connectivity index (χ1v) is 14.2. The number of methoxy groups -OCH3 is 1. The third kappa shape index (κ3) is 4.31. The van der Waals surface area contributed by atoms with E-state index in [0.717, 1.165) is 31.1 Å². The second kappa shape index (κ2) is 9.18. The summed E-state index contributed by atoms with van der Waals surface area (Å²) in [5, 5.41) is 0. The topological polar surface area (TPSA) is 18.5 Å². The van der Waals surface area contributed by atoms with Crippen molar-refractivity contribution in [1.82, 2.24) is 0 Å². The highest BCUT2D eigenvalue weighted by Gasteiger charge is 2.60. The van der Waals surface area contributed by atoms with Gasteiger partial charge in [0.15, 0.2) is 5.60 Å². The molecule has 0 radical (unpaired) electrons. The van der Waals surface area contributed by atoms with Gasteiger partial charge in [0, 0.05) is 7.11 Å². The SMILES string of the molecule is CO[C@@]1(C)CC[C@@]2(C)C(=CC[C@H]3[C@@H]4CC[C@H]([C@H](C)CC[C@](C)(OI)C(F)(F)F)[C@@]4(C)CC[C@@H]32)C1. The van der Waals surface area contributed by atoms with E-state index in [0.29, 0.717) is 18.3 Å². The van der Waals surface area contributed by atoms with Crippen molar-refractivity contribution in [3.8, 4) is 0 Å². The van der Waals surface area contributed by atoms with Crippen molar-refractivity contribution in [3.63, 3.8) is 0 Å². The maximum atomic E-state index is 13.6. The molecule has 4 aliphatic carbocycles. The van der Waals surface area contributed by atoms with Crippen LogP contribution in [0.4, 0.5) is 13.2 Å². The lowest BCUT2D eigenvalue weighted by Gasteiger charge is -2.59. The zero-order valence-electron chi connectivity index (χ0n) is 21.9. The Balaban J connectivity index is 1.49. The zero-order valence-corrected chi connectivity index (χ0v) is 24.0. The predicted molar refractivity (Wildman–Crippen MR) is 139 cm³/mol. The van der Waals surface area contributed by atoms with Crippen LogP contribution >= 0.6 is 23.0 Å². The van der Waals surface area contributed by atoms with Crippen molar-refractivity contribution in [2.75, 3.05) is 7.11 Å². The van der Waals surface area contributed by atoms with Crippen LogP contribution in [-0.4, -0.2) is 24.5 Å². The van der Waals surface area contributed by atoms with Gasteiger partial charge in [-0.25, -0.2) is 0 Å². The fraction of sp³-hybridized carbons (Fsp3) is 0.929. The summed E-state index contributed by atoms with van der Waals surface area (Å²) in [6, 6.07) is 0. The number of hydrogen-bond donors (Lipinski definition) is 0. The Morgan fingerprint density at radius 3 is 2.41 bits per heavy atom. The van der Waals surface area contributed by atoms with Crippen LogP contribution in [0.3, 0.4) is 0 Å². The van der Waals surface area contributed by atoms with Gasteiger partial charge in [0.1, 0.15) is 23.0 Å². The molecule has 0 bridgehead atoms. The Labute approximate surface area is 218 Å². The van der Waals surface area contributed by atoms with E-state index in [-0.39, 0.29) is 28.8 Å². The summed E-state index contributed by atoms with van der Waals surface area (Å²) in [4.78, 5) is 0. The fourth-order valence-electron chi connectivity index (χ4n) is 8.87. The molecule has 0 aromatic heterocycles. The standard InChI is InChI=1S/C28H44F3IO2/c1-18(11-14-27(5,34-32)28(29,30)31)21-9-10-22-20-8-7-19-17-24(2,33-6)15-16-25(19,3)23(20)12-13-26(21,22)4/h7,18,20-23H,8-17H2,1-6H3/t18-,20+,21-,22+,23+,24+,25+,26-,27+/m1/s1. The molecular weight excluding hydrogens is 552 g/mol. The molecule has 0 aliphatic heterocycles. The van der Waals surface area contributed by atoms with E-state index in [1.54, 1.807) is 5.57 Å². The second-order valence-corrected chi connectivity index (χ2v) is 13.6. The average molecular weight is 597 g/mol. The van der Waals surface area contributed by atoms with E-state index < -0.39 is 11.8 Å². The number of hydrogen-bond acceptors (Lipinski definition) is 2. The van der Waals surface area contributed by atoms with E-state index in [1.165, 1.54) is 62.0 Å². The van der Waals surface area contributed by atoms with Crippen molar-refractivity contribution >= 4 is 23.0 Å². The van der Waals surface area contributed by atoms with E-state index >= 15 is 0 Å². The van der Waals surface area contributed by atoms with Crippen LogP contribution in [0, 0.1) is 40.4 Å². The quantitative estimate of drug-likeness (QED) is 0.225. The molecule has 0 unspecified atom stereocenters. The third-order valence-corrected chi connectivity index (χ3v) is 12.4. The number of halogens is 4. The number of fused-ring (bicyclic) bond motifs is 5. The molecule has 0 aromatic carbocycles. The van der Waals surface area contributed by atoms with Gasteiger partial charge in [0.25, 0.3) is 0 Å². The molecule has 4 aliphatic rings. The first-order chi connectivity index (χ1) is 15.7. The number of ether oxygens (including phenoxy) is 1. The first-order valence-electron chi connectivity index (χ1n) is 13.3. The summed E-state index contributed by atoms with van der Waals surface area (Å²) >= 11 is 1.43. The fourth-order valence-corrected chi connectivity index (χ4v) is 9.34. The minimum atomic E-state index is -4.34. The predicted octanol–water partition coefficient (Wildman–Crippen LogP) is 9.07. The molecule has 4 rings (SSSR count). The Hall–Kier alpha value is 0.180. The van der Waals surface area contributed by atoms with Crippen LogP contribution in [0.25, 0.3) is 0 Å². The van der Waals surface area contributed by atoms with Crippen LogP contribution in [0.5, 0.6) is 0 Å². The maximum absolute atomic E-state index is 13.6. The van der Waals surface area contributed by atoms with Crippen LogP contribution < -0.4 is 0 Å². The van der Waals surface area contributed by atoms with Crippen molar-refractivity contribution in [3.05, 3.63) is 11.6 Å². The van der Waals surface area contributed by atoms with Gasteiger partial charge in [-0.3, -0.25) is 3.07 Å². The van der Waals surface area contributed by atoms with Gasteiger partial charge in [-0.05, 0) is 118 Å². The molecule has 0 amide bonds.